The van der Waals surface area contributed by atoms with Crippen LogP contribution in [0.4, 0.5) is 5.82 Å². The zero-order valence-corrected chi connectivity index (χ0v) is 17.7. The molecule has 9 heteroatoms. The lowest BCUT2D eigenvalue weighted by molar-refractivity contribution is -0.134. The van der Waals surface area contributed by atoms with Crippen LogP contribution in [0.25, 0.3) is 0 Å². The number of Topliss-reactive ketones (excluding diaryl/α,β-unsaturated/α-hetero) is 1. The van der Waals surface area contributed by atoms with E-state index >= 15 is 0 Å². The van der Waals surface area contributed by atoms with Crippen molar-refractivity contribution in [1.82, 2.24) is 14.7 Å². The van der Waals surface area contributed by atoms with Crippen LogP contribution in [0.2, 0.25) is 5.02 Å². The largest absolute Gasteiger partial charge is 0.486 e. The van der Waals surface area contributed by atoms with E-state index in [2.05, 4.69) is 10.4 Å². The van der Waals surface area contributed by atoms with Gasteiger partial charge in [0.25, 0.3) is 0 Å². The summed E-state index contributed by atoms with van der Waals surface area (Å²) in [5.74, 6) is 0.480. The van der Waals surface area contributed by atoms with Crippen LogP contribution in [0.15, 0.2) is 24.3 Å². The Morgan fingerprint density at radius 2 is 2.10 bits per heavy atom. The number of anilines is 1. The average molecular weight is 431 g/mol. The highest BCUT2D eigenvalue weighted by molar-refractivity contribution is 6.31. The number of nitrogens with one attached hydrogen (secondary N) is 1. The zero-order valence-electron chi connectivity index (χ0n) is 16.9. The molecule has 1 aromatic carbocycles. The number of halogens is 1. The molecule has 0 saturated carbocycles. The fourth-order valence-electron chi connectivity index (χ4n) is 3.97. The number of likely N-dealkylation sites (tertiary alicyclic amines) is 1. The Morgan fingerprint density at radius 1 is 1.30 bits per heavy atom. The number of ketones is 1. The summed E-state index contributed by atoms with van der Waals surface area (Å²) in [7, 11) is 1.79. The summed E-state index contributed by atoms with van der Waals surface area (Å²) >= 11 is 6.00. The SMILES string of the molecule is Cc1cc(NC(=O)CN2CC[C@]3(CCC2=O)CC(=O)c2cc(Cl)ccc2O3)nn1C. The Morgan fingerprint density at radius 3 is 2.83 bits per heavy atom. The standard InChI is InChI=1S/C21H23ClN4O4/c1-13-9-18(24-25(13)2)23-19(28)12-26-8-7-21(6-5-20(26)29)11-16(27)15-10-14(22)3-4-17(15)30-21/h3-4,9-10H,5-8,11-12H2,1-2H3,(H,23,24,28)/t21-/m1/s1. The van der Waals surface area contributed by atoms with Crippen molar-refractivity contribution in [2.45, 2.75) is 38.2 Å². The minimum absolute atomic E-state index is 0.0390. The van der Waals surface area contributed by atoms with Gasteiger partial charge in [0.05, 0.1) is 18.5 Å². The molecular formula is C21H23ClN4O4. The van der Waals surface area contributed by atoms with Crippen molar-refractivity contribution in [1.29, 1.82) is 0 Å². The number of fused-ring (bicyclic) bond motifs is 1. The van der Waals surface area contributed by atoms with Gasteiger partial charge in [-0.05, 0) is 31.5 Å². The molecule has 0 radical (unpaired) electrons. The third kappa shape index (κ3) is 4.05. The quantitative estimate of drug-likeness (QED) is 0.808. The van der Waals surface area contributed by atoms with E-state index in [-0.39, 0.29) is 37.0 Å². The van der Waals surface area contributed by atoms with Gasteiger partial charge in [-0.3, -0.25) is 19.1 Å². The van der Waals surface area contributed by atoms with E-state index in [9.17, 15) is 14.4 Å². The highest BCUT2D eigenvalue weighted by Gasteiger charge is 2.43. The molecule has 2 aromatic rings. The molecule has 1 atom stereocenters. The van der Waals surface area contributed by atoms with E-state index in [1.165, 1.54) is 4.90 Å². The predicted molar refractivity (Wildman–Crippen MR) is 111 cm³/mol. The number of aromatic nitrogens is 2. The molecule has 1 N–H and O–H groups in total. The van der Waals surface area contributed by atoms with E-state index in [1.54, 1.807) is 36.0 Å². The Kier molecular flexibility index (Phi) is 5.27. The van der Waals surface area contributed by atoms with Crippen molar-refractivity contribution in [2.24, 2.45) is 7.05 Å². The Bertz CT molecular complexity index is 1010. The predicted octanol–water partition coefficient (Wildman–Crippen LogP) is 2.74. The normalized spacial score (nSPS) is 21.2. The van der Waals surface area contributed by atoms with E-state index in [1.807, 2.05) is 6.92 Å². The van der Waals surface area contributed by atoms with Crippen LogP contribution in [-0.2, 0) is 16.6 Å². The van der Waals surface area contributed by atoms with Gasteiger partial charge in [0.2, 0.25) is 11.8 Å². The van der Waals surface area contributed by atoms with Gasteiger partial charge in [0, 0.05) is 43.2 Å². The van der Waals surface area contributed by atoms with Crippen molar-refractivity contribution in [2.75, 3.05) is 18.4 Å². The Balaban J connectivity index is 1.43. The fourth-order valence-corrected chi connectivity index (χ4v) is 4.14. The van der Waals surface area contributed by atoms with E-state index in [4.69, 9.17) is 16.3 Å². The highest BCUT2D eigenvalue weighted by atomic mass is 35.5. The number of carbonyl (C=O) groups excluding carboxylic acids is 3. The minimum atomic E-state index is -0.739. The van der Waals surface area contributed by atoms with Crippen molar-refractivity contribution >= 4 is 35.0 Å². The summed E-state index contributed by atoms with van der Waals surface area (Å²) in [4.78, 5) is 39.3. The van der Waals surface area contributed by atoms with Gasteiger partial charge in [0.1, 0.15) is 11.4 Å². The first kappa shape index (κ1) is 20.4. The van der Waals surface area contributed by atoms with Crippen molar-refractivity contribution in [3.8, 4) is 5.75 Å². The van der Waals surface area contributed by atoms with Gasteiger partial charge in [-0.15, -0.1) is 0 Å². The number of carbonyl (C=O) groups is 3. The molecular weight excluding hydrogens is 408 g/mol. The van der Waals surface area contributed by atoms with Crippen LogP contribution in [0.1, 0.15) is 41.7 Å². The van der Waals surface area contributed by atoms with Crippen molar-refractivity contribution < 1.29 is 19.1 Å². The van der Waals surface area contributed by atoms with Crippen LogP contribution in [0.3, 0.4) is 0 Å². The Hall–Kier alpha value is -2.87. The molecule has 1 spiro atoms. The molecule has 30 heavy (non-hydrogen) atoms. The molecule has 0 unspecified atom stereocenters. The molecule has 2 aliphatic heterocycles. The van der Waals surface area contributed by atoms with Crippen LogP contribution in [-0.4, -0.2) is 51.0 Å². The third-order valence-electron chi connectivity index (χ3n) is 5.75. The molecule has 4 rings (SSSR count). The van der Waals surface area contributed by atoms with E-state index < -0.39 is 5.60 Å². The first-order valence-electron chi connectivity index (χ1n) is 9.85. The maximum Gasteiger partial charge on any atom is 0.245 e. The third-order valence-corrected chi connectivity index (χ3v) is 5.99. The van der Waals surface area contributed by atoms with Gasteiger partial charge >= 0.3 is 0 Å². The maximum absolute atomic E-state index is 12.7. The number of rotatable bonds is 3. The first-order valence-corrected chi connectivity index (χ1v) is 10.2. The molecule has 2 aliphatic rings. The summed E-state index contributed by atoms with van der Waals surface area (Å²) in [6.07, 6.45) is 1.31. The van der Waals surface area contributed by atoms with E-state index in [0.29, 0.717) is 41.5 Å². The topological polar surface area (TPSA) is 93.5 Å². The molecule has 158 valence electrons. The number of aryl methyl sites for hydroxylation is 2. The molecule has 0 bridgehead atoms. The molecule has 3 heterocycles. The summed E-state index contributed by atoms with van der Waals surface area (Å²) in [6.45, 7) is 2.16. The molecule has 1 saturated heterocycles. The lowest BCUT2D eigenvalue weighted by atomic mass is 9.84. The van der Waals surface area contributed by atoms with Crippen molar-refractivity contribution in [3.63, 3.8) is 0 Å². The number of benzene rings is 1. The molecule has 1 aromatic heterocycles. The van der Waals surface area contributed by atoms with Crippen LogP contribution < -0.4 is 10.1 Å². The average Bonchev–Trinajstić information content (AvgIpc) is 2.92. The number of ether oxygens (including phenoxy) is 1. The summed E-state index contributed by atoms with van der Waals surface area (Å²) in [6, 6.07) is 6.76. The molecule has 1 fully saturated rings. The van der Waals surface area contributed by atoms with Gasteiger partial charge in [0.15, 0.2) is 11.6 Å². The minimum Gasteiger partial charge on any atom is -0.486 e. The maximum atomic E-state index is 12.7. The number of nitrogens with zero attached hydrogens (tertiary/aromatic N) is 3. The summed E-state index contributed by atoms with van der Waals surface area (Å²) < 4.78 is 7.87. The lowest BCUT2D eigenvalue weighted by Crippen LogP contribution is -2.43. The fraction of sp³-hybridized carbons (Fsp3) is 0.429. The van der Waals surface area contributed by atoms with Crippen LogP contribution in [0.5, 0.6) is 5.75 Å². The Labute approximate surface area is 179 Å². The second kappa shape index (κ2) is 7.75. The van der Waals surface area contributed by atoms with E-state index in [0.717, 1.165) is 5.69 Å². The number of amides is 2. The molecule has 2 amide bonds. The van der Waals surface area contributed by atoms with Crippen molar-refractivity contribution in [3.05, 3.63) is 40.5 Å². The van der Waals surface area contributed by atoms with Gasteiger partial charge in [-0.2, -0.15) is 5.10 Å². The highest BCUT2D eigenvalue weighted by Crippen LogP contribution is 2.40. The summed E-state index contributed by atoms with van der Waals surface area (Å²) in [5.41, 5.74) is 0.654. The van der Waals surface area contributed by atoms with Crippen LogP contribution in [0, 0.1) is 6.92 Å². The van der Waals surface area contributed by atoms with Gasteiger partial charge in [-0.1, -0.05) is 11.6 Å². The van der Waals surface area contributed by atoms with Crippen LogP contribution >= 0.6 is 11.6 Å². The first-order chi connectivity index (χ1) is 14.2. The zero-order chi connectivity index (χ0) is 21.5. The van der Waals surface area contributed by atoms with Gasteiger partial charge in [-0.25, -0.2) is 0 Å². The van der Waals surface area contributed by atoms with Gasteiger partial charge < -0.3 is 15.0 Å². The monoisotopic (exact) mass is 430 g/mol. The second-order valence-electron chi connectivity index (χ2n) is 7.93. The number of hydrogen-bond acceptors (Lipinski definition) is 5. The second-order valence-corrected chi connectivity index (χ2v) is 8.37. The number of hydrogen-bond donors (Lipinski definition) is 1. The smallest absolute Gasteiger partial charge is 0.245 e. The molecule has 0 aliphatic carbocycles. The molecule has 8 nitrogen and oxygen atoms in total. The lowest BCUT2D eigenvalue weighted by Gasteiger charge is -2.37. The summed E-state index contributed by atoms with van der Waals surface area (Å²) in [5, 5.41) is 7.41.